The minimum atomic E-state index is -3.36. The number of thiazole rings is 1. The molecule has 45 heavy (non-hydrogen) atoms. The largest absolute Gasteiger partial charge is 0.324 e. The van der Waals surface area contributed by atoms with Gasteiger partial charge in [0.05, 0.1) is 10.6 Å². The van der Waals surface area contributed by atoms with Crippen LogP contribution in [0.1, 0.15) is 29.2 Å². The number of amides is 2. The van der Waals surface area contributed by atoms with Crippen molar-refractivity contribution in [2.24, 2.45) is 0 Å². The number of anilines is 1. The van der Waals surface area contributed by atoms with E-state index >= 15 is 0 Å². The van der Waals surface area contributed by atoms with E-state index in [0.717, 1.165) is 28.7 Å². The van der Waals surface area contributed by atoms with Gasteiger partial charge in [-0.25, -0.2) is 27.0 Å². The number of nitrogens with zero attached hydrogens (tertiary/aromatic N) is 4. The molecule has 0 radical (unpaired) electrons. The van der Waals surface area contributed by atoms with Crippen LogP contribution in [0.25, 0.3) is 11.3 Å². The van der Waals surface area contributed by atoms with E-state index in [1.165, 1.54) is 36.4 Å². The van der Waals surface area contributed by atoms with Crippen LogP contribution < -0.4 is 5.32 Å². The van der Waals surface area contributed by atoms with Crippen molar-refractivity contribution in [2.75, 3.05) is 24.7 Å². The van der Waals surface area contributed by atoms with Crippen molar-refractivity contribution in [1.29, 1.82) is 0 Å². The van der Waals surface area contributed by atoms with E-state index in [9.17, 15) is 22.0 Å². The molecule has 0 atom stereocenters. The van der Waals surface area contributed by atoms with Gasteiger partial charge in [0.2, 0.25) is 0 Å². The SMILES string of the molecule is CS(=O)(=O)c1ccc(-c2nc(NC(=O)N(CCc3cnccn3)CCC(c3ccc(F)cc3)c3ccc(F)cc3)sc2Cl)cc1. The molecule has 5 aromatic rings. The first-order valence-electron chi connectivity index (χ1n) is 13.9. The summed E-state index contributed by atoms with van der Waals surface area (Å²) in [5.74, 6) is -0.974. The van der Waals surface area contributed by atoms with Crippen molar-refractivity contribution >= 4 is 43.9 Å². The van der Waals surface area contributed by atoms with Gasteiger partial charge in [0, 0.05) is 55.8 Å². The molecule has 0 fully saturated rings. The maximum Gasteiger partial charge on any atom is 0.323 e. The Bertz CT molecular complexity index is 1810. The third-order valence-electron chi connectivity index (χ3n) is 7.13. The molecule has 232 valence electrons. The van der Waals surface area contributed by atoms with Crippen LogP contribution in [0.3, 0.4) is 0 Å². The lowest BCUT2D eigenvalue weighted by molar-refractivity contribution is 0.210. The normalized spacial score (nSPS) is 11.5. The van der Waals surface area contributed by atoms with Crippen LogP contribution in [0.2, 0.25) is 4.34 Å². The molecule has 2 heterocycles. The van der Waals surface area contributed by atoms with Crippen molar-refractivity contribution in [2.45, 2.75) is 23.7 Å². The molecule has 0 unspecified atom stereocenters. The summed E-state index contributed by atoms with van der Waals surface area (Å²) in [7, 11) is -3.36. The molecule has 1 N–H and O–H groups in total. The van der Waals surface area contributed by atoms with Gasteiger partial charge in [-0.3, -0.25) is 15.3 Å². The fourth-order valence-corrected chi connectivity index (χ4v) is 6.49. The molecule has 0 aliphatic carbocycles. The number of hydrogen-bond donors (Lipinski definition) is 1. The predicted molar refractivity (Wildman–Crippen MR) is 171 cm³/mol. The van der Waals surface area contributed by atoms with Crippen LogP contribution in [0.4, 0.5) is 18.7 Å². The fourth-order valence-electron chi connectivity index (χ4n) is 4.79. The number of carbonyl (C=O) groups is 1. The van der Waals surface area contributed by atoms with E-state index < -0.39 is 15.9 Å². The fraction of sp³-hybridized carbons (Fsp3) is 0.188. The molecule has 2 aromatic heterocycles. The van der Waals surface area contributed by atoms with Crippen molar-refractivity contribution in [3.63, 3.8) is 0 Å². The Labute approximate surface area is 268 Å². The second-order valence-electron chi connectivity index (χ2n) is 10.2. The Hall–Kier alpha value is -4.26. The lowest BCUT2D eigenvalue weighted by atomic mass is 9.88. The Balaban J connectivity index is 1.37. The molecule has 0 aliphatic rings. The van der Waals surface area contributed by atoms with Crippen molar-refractivity contribution in [3.8, 4) is 11.3 Å². The second kappa shape index (κ2) is 14.2. The van der Waals surface area contributed by atoms with Crippen LogP contribution >= 0.6 is 22.9 Å². The molecule has 0 aliphatic heterocycles. The van der Waals surface area contributed by atoms with Gasteiger partial charge >= 0.3 is 6.03 Å². The predicted octanol–water partition coefficient (Wildman–Crippen LogP) is 7.23. The quantitative estimate of drug-likeness (QED) is 0.159. The summed E-state index contributed by atoms with van der Waals surface area (Å²) in [6.07, 6.45) is 6.82. The summed E-state index contributed by atoms with van der Waals surface area (Å²) in [6.45, 7) is 0.605. The summed E-state index contributed by atoms with van der Waals surface area (Å²) >= 11 is 7.56. The minimum Gasteiger partial charge on any atom is -0.324 e. The zero-order valence-corrected chi connectivity index (χ0v) is 26.4. The number of sulfone groups is 1. The lowest BCUT2D eigenvalue weighted by Gasteiger charge is -2.26. The highest BCUT2D eigenvalue weighted by Gasteiger charge is 2.22. The van der Waals surface area contributed by atoms with Gasteiger partial charge in [0.25, 0.3) is 0 Å². The molecule has 0 saturated heterocycles. The van der Waals surface area contributed by atoms with Crippen LogP contribution in [0.5, 0.6) is 0 Å². The maximum absolute atomic E-state index is 13.7. The van der Waals surface area contributed by atoms with Gasteiger partial charge in [-0.1, -0.05) is 59.3 Å². The number of aromatic nitrogens is 3. The first-order valence-corrected chi connectivity index (χ1v) is 16.9. The third kappa shape index (κ3) is 8.47. The first-order chi connectivity index (χ1) is 21.6. The minimum absolute atomic E-state index is 0.171. The molecular formula is C32H28ClF2N5O3S2. The third-order valence-corrected chi connectivity index (χ3v) is 9.43. The summed E-state index contributed by atoms with van der Waals surface area (Å²) in [5.41, 5.74) is 3.38. The Kier molecular flexibility index (Phi) is 10.2. The number of urea groups is 1. The van der Waals surface area contributed by atoms with E-state index in [2.05, 4.69) is 20.3 Å². The van der Waals surface area contributed by atoms with Crippen LogP contribution in [0, 0.1) is 11.6 Å². The standard InChI is InChI=1S/C32H28ClF2N5O3S2/c1-45(42,43)27-12-6-23(7-13-27)29-30(33)44-31(38-29)39-32(41)40(18-14-26-20-36-16-17-37-26)19-15-28(21-2-8-24(34)9-3-21)22-4-10-25(35)11-5-22/h2-13,16-17,20,28H,14-15,18-19H2,1H3,(H,38,39,41). The summed E-state index contributed by atoms with van der Waals surface area (Å²) in [4.78, 5) is 28.4. The average molecular weight is 668 g/mol. The summed E-state index contributed by atoms with van der Waals surface area (Å²) in [5, 5.41) is 3.11. The number of carbonyl (C=O) groups excluding carboxylic acids is 1. The molecule has 0 spiro atoms. The monoisotopic (exact) mass is 667 g/mol. The number of rotatable bonds is 11. The zero-order chi connectivity index (χ0) is 32.0. The Morgan fingerprint density at radius 2 is 1.56 bits per heavy atom. The number of benzene rings is 3. The van der Waals surface area contributed by atoms with Gasteiger partial charge in [-0.15, -0.1) is 0 Å². The summed E-state index contributed by atoms with van der Waals surface area (Å²) < 4.78 is 51.5. The van der Waals surface area contributed by atoms with E-state index in [4.69, 9.17) is 11.6 Å². The molecule has 3 aromatic carbocycles. The zero-order valence-electron chi connectivity index (χ0n) is 24.0. The maximum atomic E-state index is 13.7. The summed E-state index contributed by atoms with van der Waals surface area (Å²) in [6, 6.07) is 18.0. The molecule has 2 amide bonds. The molecule has 0 bridgehead atoms. The second-order valence-corrected chi connectivity index (χ2v) is 13.9. The highest BCUT2D eigenvalue weighted by molar-refractivity contribution is 7.90. The van der Waals surface area contributed by atoms with Gasteiger partial charge in [-0.2, -0.15) is 0 Å². The first kappa shape index (κ1) is 32.1. The molecule has 5 rings (SSSR count). The lowest BCUT2D eigenvalue weighted by Crippen LogP contribution is -2.38. The van der Waals surface area contributed by atoms with Gasteiger partial charge in [-0.05, 0) is 53.9 Å². The van der Waals surface area contributed by atoms with Crippen molar-refractivity contribution in [1.82, 2.24) is 19.9 Å². The van der Waals surface area contributed by atoms with Crippen molar-refractivity contribution in [3.05, 3.63) is 124 Å². The number of hydrogen-bond acceptors (Lipinski definition) is 7. The van der Waals surface area contributed by atoms with E-state index in [1.807, 2.05) is 0 Å². The van der Waals surface area contributed by atoms with Gasteiger partial charge < -0.3 is 4.90 Å². The topological polar surface area (TPSA) is 105 Å². The van der Waals surface area contributed by atoms with Crippen LogP contribution in [-0.2, 0) is 16.3 Å². The van der Waals surface area contributed by atoms with E-state index in [1.54, 1.807) is 59.9 Å². The average Bonchev–Trinajstić information content (AvgIpc) is 3.39. The van der Waals surface area contributed by atoms with Gasteiger partial charge in [0.1, 0.15) is 21.7 Å². The van der Waals surface area contributed by atoms with Crippen LogP contribution in [0.15, 0.2) is 96.3 Å². The van der Waals surface area contributed by atoms with E-state index in [-0.39, 0.29) is 27.6 Å². The molecule has 0 saturated carbocycles. The smallest absolute Gasteiger partial charge is 0.323 e. The molecular weight excluding hydrogens is 640 g/mol. The van der Waals surface area contributed by atoms with Gasteiger partial charge in [0.15, 0.2) is 15.0 Å². The Morgan fingerprint density at radius 3 is 2.11 bits per heavy atom. The van der Waals surface area contributed by atoms with E-state index in [0.29, 0.717) is 47.2 Å². The van der Waals surface area contributed by atoms with Crippen LogP contribution in [-0.4, -0.2) is 53.6 Å². The molecule has 13 heteroatoms. The number of halogens is 3. The Morgan fingerprint density at radius 1 is 0.933 bits per heavy atom. The van der Waals surface area contributed by atoms with Crippen molar-refractivity contribution < 1.29 is 22.0 Å². The highest BCUT2D eigenvalue weighted by Crippen LogP contribution is 2.36. The highest BCUT2D eigenvalue weighted by atomic mass is 35.5. The molecule has 8 nitrogen and oxygen atoms in total. The number of nitrogens with one attached hydrogen (secondary N) is 1.